The number of rotatable bonds is 8. The fraction of sp³-hybridized carbons (Fsp3) is 0.208. The molecule has 1 amide bonds. The molecule has 1 N–H and O–H groups in total. The largest absolute Gasteiger partial charge is 0.495 e. The molecular formula is C24H24N4O2S2. The van der Waals surface area contributed by atoms with E-state index in [1.54, 1.807) is 18.4 Å². The predicted molar refractivity (Wildman–Crippen MR) is 130 cm³/mol. The molecule has 0 aliphatic rings. The van der Waals surface area contributed by atoms with E-state index in [9.17, 15) is 4.79 Å². The third kappa shape index (κ3) is 5.03. The highest BCUT2D eigenvalue weighted by molar-refractivity contribution is 8.00. The van der Waals surface area contributed by atoms with Crippen LogP contribution in [-0.4, -0.2) is 27.8 Å². The maximum absolute atomic E-state index is 13.4. The summed E-state index contributed by atoms with van der Waals surface area (Å²) in [5, 5.41) is 14.0. The van der Waals surface area contributed by atoms with E-state index in [-0.39, 0.29) is 5.91 Å². The molecule has 32 heavy (non-hydrogen) atoms. The van der Waals surface area contributed by atoms with Crippen molar-refractivity contribution in [2.24, 2.45) is 7.05 Å². The smallest absolute Gasteiger partial charge is 0.242 e. The van der Waals surface area contributed by atoms with Crippen molar-refractivity contribution in [3.8, 4) is 5.75 Å². The second-order valence-electron chi connectivity index (χ2n) is 7.32. The van der Waals surface area contributed by atoms with Gasteiger partial charge in [-0.1, -0.05) is 54.2 Å². The van der Waals surface area contributed by atoms with Gasteiger partial charge in [0.05, 0.1) is 12.8 Å². The second kappa shape index (κ2) is 10.0. The van der Waals surface area contributed by atoms with E-state index < -0.39 is 5.25 Å². The van der Waals surface area contributed by atoms with Gasteiger partial charge in [0, 0.05) is 18.3 Å². The first-order valence-electron chi connectivity index (χ1n) is 10.1. The lowest BCUT2D eigenvalue weighted by atomic mass is 10.1. The van der Waals surface area contributed by atoms with E-state index in [1.807, 2.05) is 73.1 Å². The fourth-order valence-electron chi connectivity index (χ4n) is 3.29. The van der Waals surface area contributed by atoms with Gasteiger partial charge in [-0.25, -0.2) is 0 Å². The number of methoxy groups -OCH3 is 1. The minimum absolute atomic E-state index is 0.145. The molecule has 0 radical (unpaired) electrons. The number of hydrogen-bond donors (Lipinski definition) is 1. The first kappa shape index (κ1) is 22.1. The molecule has 6 nitrogen and oxygen atoms in total. The van der Waals surface area contributed by atoms with Crippen molar-refractivity contribution in [2.75, 3.05) is 12.4 Å². The summed E-state index contributed by atoms with van der Waals surface area (Å²) in [4.78, 5) is 14.7. The Bertz CT molecular complexity index is 1190. The van der Waals surface area contributed by atoms with Crippen molar-refractivity contribution < 1.29 is 9.53 Å². The van der Waals surface area contributed by atoms with E-state index in [2.05, 4.69) is 27.0 Å². The number of benzene rings is 2. The first-order chi connectivity index (χ1) is 15.5. The Kier molecular flexibility index (Phi) is 6.92. The normalized spacial score (nSPS) is 11.8. The number of carbonyl (C=O) groups excluding carboxylic acids is 1. The van der Waals surface area contributed by atoms with E-state index in [0.717, 1.165) is 17.0 Å². The van der Waals surface area contributed by atoms with Gasteiger partial charge < -0.3 is 14.6 Å². The minimum Gasteiger partial charge on any atom is -0.495 e. The number of anilines is 1. The van der Waals surface area contributed by atoms with Crippen molar-refractivity contribution in [1.29, 1.82) is 0 Å². The van der Waals surface area contributed by atoms with Crippen LogP contribution in [-0.2, 0) is 18.3 Å². The zero-order valence-electron chi connectivity index (χ0n) is 18.1. The van der Waals surface area contributed by atoms with Crippen LogP contribution < -0.4 is 10.1 Å². The lowest BCUT2D eigenvalue weighted by Crippen LogP contribution is -2.20. The van der Waals surface area contributed by atoms with E-state index in [4.69, 9.17) is 4.74 Å². The SMILES string of the molecule is COc1ccc(C)cc1NC(=O)[C@@H](Sc1nnc(Cc2cccs2)n1C)c1ccccc1. The van der Waals surface area contributed by atoms with Crippen molar-refractivity contribution in [3.63, 3.8) is 0 Å². The molecule has 0 saturated heterocycles. The quantitative estimate of drug-likeness (QED) is 0.360. The van der Waals surface area contributed by atoms with Gasteiger partial charge >= 0.3 is 0 Å². The zero-order chi connectivity index (χ0) is 22.5. The Morgan fingerprint density at radius 2 is 1.97 bits per heavy atom. The van der Waals surface area contributed by atoms with Crippen LogP contribution in [0.25, 0.3) is 0 Å². The number of thioether (sulfide) groups is 1. The Hall–Kier alpha value is -3.10. The van der Waals surface area contributed by atoms with Crippen molar-refractivity contribution in [3.05, 3.63) is 87.9 Å². The summed E-state index contributed by atoms with van der Waals surface area (Å²) in [5.74, 6) is 1.34. The number of thiophene rings is 1. The summed E-state index contributed by atoms with van der Waals surface area (Å²) in [6.07, 6.45) is 0.713. The molecule has 0 saturated carbocycles. The topological polar surface area (TPSA) is 69.0 Å². The van der Waals surface area contributed by atoms with Gasteiger partial charge in [0.25, 0.3) is 0 Å². The van der Waals surface area contributed by atoms with Crippen LogP contribution in [0, 0.1) is 6.92 Å². The van der Waals surface area contributed by atoms with Gasteiger partial charge in [0.15, 0.2) is 5.16 Å². The highest BCUT2D eigenvalue weighted by Gasteiger charge is 2.26. The maximum atomic E-state index is 13.4. The standard InChI is InChI=1S/C24H24N4O2S2/c1-16-11-12-20(30-3)19(14-16)25-23(29)22(17-8-5-4-6-9-17)32-24-27-26-21(28(24)2)15-18-10-7-13-31-18/h4-14,22H,15H2,1-3H3,(H,25,29)/t22-/m0/s1. The highest BCUT2D eigenvalue weighted by Crippen LogP contribution is 2.36. The number of hydrogen-bond acceptors (Lipinski definition) is 6. The van der Waals surface area contributed by atoms with Crippen LogP contribution >= 0.6 is 23.1 Å². The Morgan fingerprint density at radius 1 is 1.16 bits per heavy atom. The molecule has 164 valence electrons. The van der Waals surface area contributed by atoms with Crippen molar-refractivity contribution in [1.82, 2.24) is 14.8 Å². The fourth-order valence-corrected chi connectivity index (χ4v) is 5.02. The molecular weight excluding hydrogens is 440 g/mol. The predicted octanol–water partition coefficient (Wildman–Crippen LogP) is 5.26. The second-order valence-corrected chi connectivity index (χ2v) is 9.42. The molecule has 0 unspecified atom stereocenters. The third-order valence-electron chi connectivity index (χ3n) is 5.01. The van der Waals surface area contributed by atoms with Gasteiger partial charge in [0.2, 0.25) is 5.91 Å². The van der Waals surface area contributed by atoms with E-state index in [0.29, 0.717) is 23.0 Å². The summed E-state index contributed by atoms with van der Waals surface area (Å²) in [6, 6.07) is 19.5. The molecule has 2 aromatic carbocycles. The Balaban J connectivity index is 1.60. The monoisotopic (exact) mass is 464 g/mol. The summed E-state index contributed by atoms with van der Waals surface area (Å²) >= 11 is 3.08. The summed E-state index contributed by atoms with van der Waals surface area (Å²) < 4.78 is 7.39. The van der Waals surface area contributed by atoms with Crippen LogP contribution in [0.4, 0.5) is 5.69 Å². The number of amides is 1. The Labute approximate surface area is 195 Å². The van der Waals surface area contributed by atoms with Crippen molar-refractivity contribution >= 4 is 34.7 Å². The first-order valence-corrected chi connectivity index (χ1v) is 11.9. The zero-order valence-corrected chi connectivity index (χ0v) is 19.7. The Morgan fingerprint density at radius 3 is 2.69 bits per heavy atom. The van der Waals surface area contributed by atoms with Gasteiger partial charge in [-0.15, -0.1) is 21.5 Å². The molecule has 4 rings (SSSR count). The van der Waals surface area contributed by atoms with Crippen LogP contribution in [0.15, 0.2) is 71.2 Å². The number of carbonyl (C=O) groups is 1. The molecule has 2 heterocycles. The van der Waals surface area contributed by atoms with Crippen LogP contribution in [0.3, 0.4) is 0 Å². The molecule has 1 atom stereocenters. The molecule has 0 aliphatic carbocycles. The van der Waals surface area contributed by atoms with Gasteiger partial charge in [0.1, 0.15) is 16.8 Å². The number of ether oxygens (including phenoxy) is 1. The van der Waals surface area contributed by atoms with Gasteiger partial charge in [-0.3, -0.25) is 4.79 Å². The minimum atomic E-state index is -0.501. The molecule has 0 aliphatic heterocycles. The van der Waals surface area contributed by atoms with E-state index >= 15 is 0 Å². The van der Waals surface area contributed by atoms with Crippen LogP contribution in [0.2, 0.25) is 0 Å². The highest BCUT2D eigenvalue weighted by atomic mass is 32.2. The molecule has 4 aromatic rings. The summed E-state index contributed by atoms with van der Waals surface area (Å²) in [6.45, 7) is 1.98. The molecule has 2 aromatic heterocycles. The van der Waals surface area contributed by atoms with E-state index in [1.165, 1.54) is 16.6 Å². The average molecular weight is 465 g/mol. The van der Waals surface area contributed by atoms with Gasteiger partial charge in [-0.2, -0.15) is 0 Å². The molecule has 0 fully saturated rings. The number of aromatic nitrogens is 3. The third-order valence-corrected chi connectivity index (χ3v) is 7.18. The number of nitrogens with zero attached hydrogens (tertiary/aromatic N) is 3. The molecule has 0 bridgehead atoms. The van der Waals surface area contributed by atoms with Crippen LogP contribution in [0.1, 0.15) is 27.1 Å². The maximum Gasteiger partial charge on any atom is 0.242 e. The lowest BCUT2D eigenvalue weighted by Gasteiger charge is -2.18. The summed E-state index contributed by atoms with van der Waals surface area (Å²) in [7, 11) is 3.53. The van der Waals surface area contributed by atoms with Crippen LogP contribution in [0.5, 0.6) is 5.75 Å². The average Bonchev–Trinajstić information content (AvgIpc) is 3.43. The van der Waals surface area contributed by atoms with Gasteiger partial charge in [-0.05, 0) is 41.6 Å². The molecule has 0 spiro atoms. The van der Waals surface area contributed by atoms with Crippen molar-refractivity contribution in [2.45, 2.75) is 23.8 Å². The number of nitrogens with one attached hydrogen (secondary N) is 1. The number of aryl methyl sites for hydroxylation is 1. The summed E-state index contributed by atoms with van der Waals surface area (Å²) in [5.41, 5.74) is 2.58. The lowest BCUT2D eigenvalue weighted by molar-refractivity contribution is -0.115. The molecule has 8 heteroatoms.